The van der Waals surface area contributed by atoms with Crippen LogP contribution in [0, 0.1) is 0 Å². The Bertz CT molecular complexity index is 3150. The lowest BCUT2D eigenvalue weighted by molar-refractivity contribution is 0.669. The van der Waals surface area contributed by atoms with Gasteiger partial charge in [0.15, 0.2) is 0 Å². The molecule has 0 unspecified atom stereocenters. The lowest BCUT2D eigenvalue weighted by atomic mass is 9.96. The van der Waals surface area contributed by atoms with E-state index in [-0.39, 0.29) is 0 Å². The minimum absolute atomic E-state index is 0.887. The van der Waals surface area contributed by atoms with E-state index in [1.165, 1.54) is 54.1 Å². The highest BCUT2D eigenvalue weighted by Crippen LogP contribution is 2.43. The summed E-state index contributed by atoms with van der Waals surface area (Å²) >= 11 is 0. The molecular formula is C48H30N2O. The van der Waals surface area contributed by atoms with Gasteiger partial charge in [-0.05, 0) is 105 Å². The van der Waals surface area contributed by atoms with Crippen molar-refractivity contribution in [3.8, 4) is 5.69 Å². The van der Waals surface area contributed by atoms with Gasteiger partial charge in [0.25, 0.3) is 0 Å². The second-order valence-corrected chi connectivity index (χ2v) is 13.4. The van der Waals surface area contributed by atoms with Crippen LogP contribution in [0.4, 0.5) is 17.1 Å². The van der Waals surface area contributed by atoms with Crippen molar-refractivity contribution in [2.24, 2.45) is 0 Å². The molecule has 0 radical (unpaired) electrons. The van der Waals surface area contributed by atoms with Crippen LogP contribution < -0.4 is 4.90 Å². The van der Waals surface area contributed by atoms with E-state index in [0.717, 1.165) is 44.7 Å². The first-order valence-corrected chi connectivity index (χ1v) is 17.4. The van der Waals surface area contributed by atoms with Crippen molar-refractivity contribution in [2.45, 2.75) is 0 Å². The van der Waals surface area contributed by atoms with E-state index in [0.29, 0.717) is 0 Å². The molecule has 2 heterocycles. The molecule has 0 fully saturated rings. The Morgan fingerprint density at radius 2 is 0.882 bits per heavy atom. The highest BCUT2D eigenvalue weighted by Gasteiger charge is 2.19. The molecule has 9 aromatic carbocycles. The van der Waals surface area contributed by atoms with Gasteiger partial charge in [0, 0.05) is 44.3 Å². The summed E-state index contributed by atoms with van der Waals surface area (Å²) in [5.74, 6) is 0. The summed E-state index contributed by atoms with van der Waals surface area (Å²) in [6.07, 6.45) is 0. The van der Waals surface area contributed by atoms with Gasteiger partial charge >= 0.3 is 0 Å². The van der Waals surface area contributed by atoms with E-state index in [1.54, 1.807) is 0 Å². The smallest absolute Gasteiger partial charge is 0.135 e. The standard InChI is InChI=1S/C48H30N2O/c1-2-11-33(12-3-1)50-45-16-8-6-14-40(45)43-29-35(22-26-46(43)50)49(36-23-27-48-44(30-36)41-15-7-9-17-47(41)51-48)34-21-18-32-20-24-38-37-13-5-4-10-31(37)19-25-39(38)42(32)28-34/h1-30H. The van der Waals surface area contributed by atoms with Gasteiger partial charge in [0.2, 0.25) is 0 Å². The summed E-state index contributed by atoms with van der Waals surface area (Å²) in [6, 6.07) is 65.7. The fourth-order valence-electron chi connectivity index (χ4n) is 8.20. The maximum absolute atomic E-state index is 6.27. The molecule has 0 N–H and O–H groups in total. The second kappa shape index (κ2) is 10.8. The minimum Gasteiger partial charge on any atom is -0.456 e. The highest BCUT2D eigenvalue weighted by atomic mass is 16.3. The molecule has 3 heteroatoms. The monoisotopic (exact) mass is 650 g/mol. The number of furan rings is 1. The molecule has 51 heavy (non-hydrogen) atoms. The third-order valence-corrected chi connectivity index (χ3v) is 10.5. The molecule has 238 valence electrons. The van der Waals surface area contributed by atoms with Crippen molar-refractivity contribution in [3.05, 3.63) is 182 Å². The number of para-hydroxylation sites is 3. The number of fused-ring (bicyclic) bond motifs is 11. The fraction of sp³-hybridized carbons (Fsp3) is 0. The van der Waals surface area contributed by atoms with Crippen molar-refractivity contribution >= 4 is 93.1 Å². The molecule has 11 rings (SSSR count). The lowest BCUT2D eigenvalue weighted by Gasteiger charge is -2.26. The maximum atomic E-state index is 6.27. The normalized spacial score (nSPS) is 11.9. The average molecular weight is 651 g/mol. The predicted molar refractivity (Wildman–Crippen MR) is 215 cm³/mol. The molecule has 0 saturated heterocycles. The van der Waals surface area contributed by atoms with Crippen molar-refractivity contribution in [3.63, 3.8) is 0 Å². The molecular weight excluding hydrogens is 621 g/mol. The first kappa shape index (κ1) is 28.0. The molecule has 0 aliphatic rings. The van der Waals surface area contributed by atoms with Crippen molar-refractivity contribution in [1.29, 1.82) is 0 Å². The Morgan fingerprint density at radius 1 is 0.333 bits per heavy atom. The van der Waals surface area contributed by atoms with Crippen LogP contribution in [-0.4, -0.2) is 4.57 Å². The van der Waals surface area contributed by atoms with Crippen LogP contribution in [0.15, 0.2) is 186 Å². The van der Waals surface area contributed by atoms with Crippen LogP contribution in [0.2, 0.25) is 0 Å². The van der Waals surface area contributed by atoms with Gasteiger partial charge in [-0.2, -0.15) is 0 Å². The highest BCUT2D eigenvalue weighted by molar-refractivity contribution is 6.18. The van der Waals surface area contributed by atoms with Gasteiger partial charge in [0.05, 0.1) is 11.0 Å². The fourth-order valence-corrected chi connectivity index (χ4v) is 8.20. The van der Waals surface area contributed by atoms with E-state index >= 15 is 0 Å². The number of aromatic nitrogens is 1. The molecule has 0 spiro atoms. The summed E-state index contributed by atoms with van der Waals surface area (Å²) in [5.41, 5.74) is 8.58. The minimum atomic E-state index is 0.887. The Labute approximate surface area is 293 Å². The van der Waals surface area contributed by atoms with Crippen LogP contribution in [0.1, 0.15) is 0 Å². The van der Waals surface area contributed by atoms with E-state index in [2.05, 4.69) is 179 Å². The Balaban J connectivity index is 1.19. The summed E-state index contributed by atoms with van der Waals surface area (Å²) in [7, 11) is 0. The largest absolute Gasteiger partial charge is 0.456 e. The van der Waals surface area contributed by atoms with Crippen molar-refractivity contribution < 1.29 is 4.42 Å². The molecule has 0 aliphatic heterocycles. The average Bonchev–Trinajstić information content (AvgIpc) is 3.73. The van der Waals surface area contributed by atoms with Crippen LogP contribution >= 0.6 is 0 Å². The summed E-state index contributed by atoms with van der Waals surface area (Å²) < 4.78 is 8.64. The number of anilines is 3. The first-order chi connectivity index (χ1) is 25.3. The van der Waals surface area contributed by atoms with Gasteiger partial charge in [0.1, 0.15) is 11.2 Å². The van der Waals surface area contributed by atoms with E-state index in [4.69, 9.17) is 4.42 Å². The van der Waals surface area contributed by atoms with Gasteiger partial charge in [-0.1, -0.05) is 109 Å². The van der Waals surface area contributed by atoms with Gasteiger partial charge in [-0.3, -0.25) is 0 Å². The summed E-state index contributed by atoms with van der Waals surface area (Å²) in [6.45, 7) is 0. The topological polar surface area (TPSA) is 21.3 Å². The van der Waals surface area contributed by atoms with E-state index in [1.807, 2.05) is 12.1 Å². The molecule has 0 bridgehead atoms. The second-order valence-electron chi connectivity index (χ2n) is 13.4. The Kier molecular flexibility index (Phi) is 5.96. The van der Waals surface area contributed by atoms with Crippen molar-refractivity contribution in [2.75, 3.05) is 4.90 Å². The predicted octanol–water partition coefficient (Wildman–Crippen LogP) is 13.6. The van der Waals surface area contributed by atoms with Gasteiger partial charge in [-0.15, -0.1) is 0 Å². The molecule has 11 aromatic rings. The molecule has 3 nitrogen and oxygen atoms in total. The van der Waals surface area contributed by atoms with Crippen LogP contribution in [-0.2, 0) is 0 Å². The van der Waals surface area contributed by atoms with Crippen LogP contribution in [0.3, 0.4) is 0 Å². The zero-order valence-corrected chi connectivity index (χ0v) is 27.6. The zero-order valence-electron chi connectivity index (χ0n) is 27.6. The third kappa shape index (κ3) is 4.25. The molecule has 2 aromatic heterocycles. The van der Waals surface area contributed by atoms with E-state index in [9.17, 15) is 0 Å². The number of hydrogen-bond acceptors (Lipinski definition) is 2. The molecule has 0 atom stereocenters. The summed E-state index contributed by atoms with van der Waals surface area (Å²) in [5, 5.41) is 12.2. The maximum Gasteiger partial charge on any atom is 0.135 e. The van der Waals surface area contributed by atoms with Crippen molar-refractivity contribution in [1.82, 2.24) is 4.57 Å². The van der Waals surface area contributed by atoms with Gasteiger partial charge in [-0.25, -0.2) is 0 Å². The number of hydrogen-bond donors (Lipinski definition) is 0. The van der Waals surface area contributed by atoms with Crippen LogP contribution in [0.5, 0.6) is 0 Å². The SMILES string of the molecule is c1ccc(-n2c3ccccc3c3cc(N(c4ccc5ccc6c7ccccc7ccc6c5c4)c4ccc5oc6ccccc6c5c4)ccc32)cc1. The Morgan fingerprint density at radius 3 is 1.73 bits per heavy atom. The van der Waals surface area contributed by atoms with Gasteiger partial charge < -0.3 is 13.9 Å². The lowest BCUT2D eigenvalue weighted by Crippen LogP contribution is -2.10. The third-order valence-electron chi connectivity index (χ3n) is 10.5. The molecule has 0 saturated carbocycles. The quantitative estimate of drug-likeness (QED) is 0.177. The number of rotatable bonds is 4. The van der Waals surface area contributed by atoms with E-state index < -0.39 is 0 Å². The molecule has 0 aliphatic carbocycles. The molecule has 0 amide bonds. The summed E-state index contributed by atoms with van der Waals surface area (Å²) in [4.78, 5) is 2.40. The van der Waals surface area contributed by atoms with Crippen LogP contribution in [0.25, 0.3) is 81.7 Å². The number of benzene rings is 9. The first-order valence-electron chi connectivity index (χ1n) is 17.4. The Hall–Kier alpha value is -6.84. The number of nitrogens with zero attached hydrogens (tertiary/aromatic N) is 2. The zero-order chi connectivity index (χ0) is 33.5.